The standard InChI is InChI=1S/C22H26N8O4S/c1-16(19-15-24-29-9-8-17(14-23)12-21(19)29)25-28(5)35(33,34)22-13-18(30(31)32)6-7-20(22)27(4)11-10-26(2)3/h6-9,12-13,15H,10-11H2,1-5H3/b25-16+. The Labute approximate surface area is 203 Å². The first-order valence-corrected chi connectivity index (χ1v) is 12.0. The van der Waals surface area contributed by atoms with Gasteiger partial charge in [0.1, 0.15) is 4.90 Å². The smallest absolute Gasteiger partial charge is 0.281 e. The minimum Gasteiger partial charge on any atom is -0.372 e. The summed E-state index contributed by atoms with van der Waals surface area (Å²) in [6.45, 7) is 2.78. The molecule has 2 aromatic heterocycles. The van der Waals surface area contributed by atoms with Gasteiger partial charge in [-0.05, 0) is 39.2 Å². The number of likely N-dealkylation sites (N-methyl/N-ethyl adjacent to an activating group) is 2. The Morgan fingerprint density at radius 2 is 1.91 bits per heavy atom. The van der Waals surface area contributed by atoms with Crippen LogP contribution in [0.3, 0.4) is 0 Å². The Hall–Kier alpha value is -4.02. The molecule has 0 spiro atoms. The first-order valence-electron chi connectivity index (χ1n) is 10.5. The fourth-order valence-corrected chi connectivity index (χ4v) is 4.67. The first-order chi connectivity index (χ1) is 16.4. The molecule has 13 heteroatoms. The highest BCUT2D eigenvalue weighted by Crippen LogP contribution is 2.31. The summed E-state index contributed by atoms with van der Waals surface area (Å²) in [7, 11) is 2.53. The van der Waals surface area contributed by atoms with Crippen LogP contribution in [0.5, 0.6) is 0 Å². The van der Waals surface area contributed by atoms with Crippen molar-refractivity contribution in [3.8, 4) is 6.07 Å². The normalized spacial score (nSPS) is 12.1. The third-order valence-electron chi connectivity index (χ3n) is 5.41. The third kappa shape index (κ3) is 5.39. The van der Waals surface area contributed by atoms with Gasteiger partial charge in [-0.15, -0.1) is 0 Å². The molecule has 0 radical (unpaired) electrons. The summed E-state index contributed by atoms with van der Waals surface area (Å²) < 4.78 is 29.4. The molecule has 0 aliphatic carbocycles. The molecule has 0 atom stereocenters. The molecule has 3 aromatic rings. The van der Waals surface area contributed by atoms with Crippen LogP contribution in [0.2, 0.25) is 0 Å². The maximum atomic E-state index is 13.5. The quantitative estimate of drug-likeness (QED) is 0.248. The van der Waals surface area contributed by atoms with Crippen molar-refractivity contribution in [3.05, 3.63) is 64.0 Å². The molecule has 0 saturated heterocycles. The molecule has 0 bridgehead atoms. The third-order valence-corrected chi connectivity index (χ3v) is 7.07. The van der Waals surface area contributed by atoms with Crippen molar-refractivity contribution in [2.24, 2.45) is 5.10 Å². The van der Waals surface area contributed by atoms with E-state index in [1.54, 1.807) is 41.7 Å². The van der Waals surface area contributed by atoms with Crippen LogP contribution in [0.4, 0.5) is 11.4 Å². The van der Waals surface area contributed by atoms with Crippen molar-refractivity contribution in [1.82, 2.24) is 18.9 Å². The van der Waals surface area contributed by atoms with E-state index in [9.17, 15) is 23.8 Å². The molecule has 0 unspecified atom stereocenters. The number of non-ortho nitro benzene ring substituents is 1. The molecule has 0 amide bonds. The SMILES string of the molecule is C/C(=N\N(C)S(=O)(=O)c1cc([N+](=O)[O-])ccc1N(C)CCN(C)C)c1cnn2ccc(C#N)cc12. The van der Waals surface area contributed by atoms with Gasteiger partial charge in [-0.3, -0.25) is 10.1 Å². The number of nitriles is 1. The number of nitrogens with zero attached hydrogens (tertiary/aromatic N) is 8. The average molecular weight is 499 g/mol. The Morgan fingerprint density at radius 3 is 2.54 bits per heavy atom. The van der Waals surface area contributed by atoms with Crippen molar-refractivity contribution in [3.63, 3.8) is 0 Å². The molecular weight excluding hydrogens is 472 g/mol. The Bertz CT molecular complexity index is 1440. The van der Waals surface area contributed by atoms with Crippen LogP contribution in [0.15, 0.2) is 52.7 Å². The zero-order valence-corrected chi connectivity index (χ0v) is 20.9. The Morgan fingerprint density at radius 1 is 1.20 bits per heavy atom. The fraction of sp³-hybridized carbons (Fsp3) is 0.318. The molecular formula is C22H26N8O4S. The summed E-state index contributed by atoms with van der Waals surface area (Å²) in [6, 6.07) is 9.06. The van der Waals surface area contributed by atoms with Crippen LogP contribution in [0.25, 0.3) is 5.52 Å². The van der Waals surface area contributed by atoms with Crippen molar-refractivity contribution in [1.29, 1.82) is 5.26 Å². The van der Waals surface area contributed by atoms with E-state index in [1.807, 2.05) is 19.0 Å². The fourth-order valence-electron chi connectivity index (χ4n) is 3.40. The van der Waals surface area contributed by atoms with E-state index in [4.69, 9.17) is 0 Å². The molecule has 0 N–H and O–H groups in total. The average Bonchev–Trinajstić information content (AvgIpc) is 3.25. The number of nitro groups is 1. The van der Waals surface area contributed by atoms with Gasteiger partial charge in [0, 0.05) is 51.1 Å². The van der Waals surface area contributed by atoms with E-state index in [-0.39, 0.29) is 10.6 Å². The molecule has 12 nitrogen and oxygen atoms in total. The maximum absolute atomic E-state index is 13.5. The van der Waals surface area contributed by atoms with Crippen LogP contribution in [-0.2, 0) is 10.0 Å². The summed E-state index contributed by atoms with van der Waals surface area (Å²) in [6.07, 6.45) is 3.16. The highest BCUT2D eigenvalue weighted by atomic mass is 32.2. The van der Waals surface area contributed by atoms with Crippen LogP contribution < -0.4 is 4.90 Å². The van der Waals surface area contributed by atoms with Crippen LogP contribution in [0.1, 0.15) is 18.1 Å². The van der Waals surface area contributed by atoms with Crippen LogP contribution >= 0.6 is 0 Å². The first kappa shape index (κ1) is 25.6. The molecule has 2 heterocycles. The van der Waals surface area contributed by atoms with Gasteiger partial charge in [0.15, 0.2) is 0 Å². The Kier molecular flexibility index (Phi) is 7.37. The molecule has 1 aromatic carbocycles. The van der Waals surface area contributed by atoms with Gasteiger partial charge in [0.25, 0.3) is 15.7 Å². The summed E-state index contributed by atoms with van der Waals surface area (Å²) in [5.74, 6) is 0. The molecule has 0 aliphatic rings. The number of nitro benzene ring substituents is 1. The number of sulfonamides is 1. The van der Waals surface area contributed by atoms with E-state index in [2.05, 4.69) is 16.3 Å². The summed E-state index contributed by atoms with van der Waals surface area (Å²) in [5, 5.41) is 29.0. The van der Waals surface area contributed by atoms with E-state index in [1.165, 1.54) is 25.4 Å². The minimum atomic E-state index is -4.25. The number of pyridine rings is 1. The summed E-state index contributed by atoms with van der Waals surface area (Å²) in [4.78, 5) is 14.2. The molecule has 0 fully saturated rings. The van der Waals surface area contributed by atoms with Gasteiger partial charge < -0.3 is 9.80 Å². The van der Waals surface area contributed by atoms with Crippen molar-refractivity contribution in [2.45, 2.75) is 11.8 Å². The van der Waals surface area contributed by atoms with Gasteiger partial charge in [0.2, 0.25) is 0 Å². The number of anilines is 1. The highest BCUT2D eigenvalue weighted by Gasteiger charge is 2.28. The molecule has 0 aliphatic heterocycles. The second kappa shape index (κ2) is 10.1. The highest BCUT2D eigenvalue weighted by molar-refractivity contribution is 7.89. The van der Waals surface area contributed by atoms with Gasteiger partial charge in [-0.2, -0.15) is 28.3 Å². The number of benzene rings is 1. The molecule has 35 heavy (non-hydrogen) atoms. The van der Waals surface area contributed by atoms with E-state index in [0.29, 0.717) is 41.1 Å². The number of aromatic nitrogens is 2. The van der Waals surface area contributed by atoms with Gasteiger partial charge in [-0.1, -0.05) is 0 Å². The number of fused-ring (bicyclic) bond motifs is 1. The summed E-state index contributed by atoms with van der Waals surface area (Å²) in [5.41, 5.74) is 1.90. The lowest BCUT2D eigenvalue weighted by molar-refractivity contribution is -0.385. The van der Waals surface area contributed by atoms with Gasteiger partial charge in [0.05, 0.1) is 39.7 Å². The van der Waals surface area contributed by atoms with Crippen molar-refractivity contribution < 1.29 is 13.3 Å². The topological polar surface area (TPSA) is 140 Å². The van der Waals surface area contributed by atoms with Crippen LogP contribution in [-0.4, -0.2) is 79.3 Å². The Balaban J connectivity index is 2.05. The number of hydrogen-bond donors (Lipinski definition) is 0. The van der Waals surface area contributed by atoms with E-state index < -0.39 is 14.9 Å². The number of hydrazone groups is 1. The molecule has 3 rings (SSSR count). The lowest BCUT2D eigenvalue weighted by Gasteiger charge is -2.25. The van der Waals surface area contributed by atoms with Gasteiger partial charge >= 0.3 is 0 Å². The minimum absolute atomic E-state index is 0.223. The molecule has 184 valence electrons. The van der Waals surface area contributed by atoms with E-state index >= 15 is 0 Å². The second-order valence-electron chi connectivity index (χ2n) is 8.17. The number of rotatable bonds is 9. The predicted molar refractivity (Wildman–Crippen MR) is 132 cm³/mol. The maximum Gasteiger partial charge on any atom is 0.281 e. The predicted octanol–water partition coefficient (Wildman–Crippen LogP) is 2.16. The van der Waals surface area contributed by atoms with Gasteiger partial charge in [-0.25, -0.2) is 4.52 Å². The second-order valence-corrected chi connectivity index (χ2v) is 10.1. The van der Waals surface area contributed by atoms with E-state index in [0.717, 1.165) is 10.5 Å². The van der Waals surface area contributed by atoms with Crippen molar-refractivity contribution in [2.75, 3.05) is 46.2 Å². The monoisotopic (exact) mass is 498 g/mol. The lowest BCUT2D eigenvalue weighted by atomic mass is 10.1. The number of hydrogen-bond acceptors (Lipinski definition) is 9. The molecule has 0 saturated carbocycles. The summed E-state index contributed by atoms with van der Waals surface area (Å²) >= 11 is 0. The zero-order chi connectivity index (χ0) is 25.9. The largest absolute Gasteiger partial charge is 0.372 e. The van der Waals surface area contributed by atoms with Crippen molar-refractivity contribution >= 4 is 32.6 Å². The lowest BCUT2D eigenvalue weighted by Crippen LogP contribution is -2.31. The van der Waals surface area contributed by atoms with Crippen LogP contribution in [0, 0.1) is 21.4 Å². The zero-order valence-electron chi connectivity index (χ0n) is 20.1.